The van der Waals surface area contributed by atoms with E-state index in [0.29, 0.717) is 5.75 Å². The molecule has 162 valence electrons. The van der Waals surface area contributed by atoms with E-state index in [-0.39, 0.29) is 41.9 Å². The van der Waals surface area contributed by atoms with Crippen LogP contribution in [0.4, 0.5) is 4.39 Å². The van der Waals surface area contributed by atoms with Gasteiger partial charge in [0.25, 0.3) is 15.9 Å². The molecule has 1 atom stereocenters. The smallest absolute Gasteiger partial charge is 0.338 e. The summed E-state index contributed by atoms with van der Waals surface area (Å²) < 4.78 is 50.1. The Labute approximate surface area is 177 Å². The number of piperazine rings is 1. The van der Waals surface area contributed by atoms with Gasteiger partial charge in [0.1, 0.15) is 15.8 Å². The highest BCUT2D eigenvalue weighted by Crippen LogP contribution is 2.25. The van der Waals surface area contributed by atoms with Gasteiger partial charge in [-0.15, -0.1) is 11.3 Å². The fraction of sp³-hybridized carbons (Fsp3) is 0.368. The van der Waals surface area contributed by atoms with Crippen LogP contribution >= 0.6 is 11.3 Å². The van der Waals surface area contributed by atoms with E-state index in [1.807, 2.05) is 0 Å². The number of carbonyl (C=O) groups excluding carboxylic acids is 2. The summed E-state index contributed by atoms with van der Waals surface area (Å²) in [6, 6.07) is 6.65. The lowest BCUT2D eigenvalue weighted by Gasteiger charge is -2.34. The lowest BCUT2D eigenvalue weighted by atomic mass is 10.2. The fourth-order valence-corrected chi connectivity index (χ4v) is 5.70. The van der Waals surface area contributed by atoms with Crippen LogP contribution in [0.3, 0.4) is 0 Å². The average molecular weight is 457 g/mol. The van der Waals surface area contributed by atoms with Crippen molar-refractivity contribution in [2.45, 2.75) is 17.2 Å². The molecule has 0 saturated carbocycles. The number of ether oxygens (including phenoxy) is 2. The first-order valence-corrected chi connectivity index (χ1v) is 11.4. The Morgan fingerprint density at radius 3 is 2.37 bits per heavy atom. The minimum atomic E-state index is -3.77. The fourth-order valence-electron chi connectivity index (χ4n) is 2.98. The van der Waals surface area contributed by atoms with Crippen molar-refractivity contribution < 1.29 is 31.9 Å². The van der Waals surface area contributed by atoms with Gasteiger partial charge in [-0.3, -0.25) is 4.79 Å². The van der Waals surface area contributed by atoms with E-state index in [9.17, 15) is 22.4 Å². The number of carbonyl (C=O) groups is 2. The Morgan fingerprint density at radius 2 is 1.77 bits per heavy atom. The average Bonchev–Trinajstić information content (AvgIpc) is 3.25. The van der Waals surface area contributed by atoms with Crippen molar-refractivity contribution in [2.24, 2.45) is 0 Å². The van der Waals surface area contributed by atoms with Crippen LogP contribution in [0.15, 0.2) is 39.9 Å². The summed E-state index contributed by atoms with van der Waals surface area (Å²) in [5.41, 5.74) is 0.182. The molecule has 1 aliphatic rings. The predicted octanol–water partition coefficient (Wildman–Crippen LogP) is 1.97. The highest BCUT2D eigenvalue weighted by molar-refractivity contribution is 7.91. The van der Waals surface area contributed by atoms with Crippen molar-refractivity contribution in [3.8, 4) is 5.75 Å². The third-order valence-electron chi connectivity index (χ3n) is 4.62. The van der Waals surface area contributed by atoms with Crippen LogP contribution in [0, 0.1) is 5.82 Å². The standard InChI is InChI=1S/C19H21FN2O6S2/c1-13(28-16-5-3-15(20)4-6-16)18(23)21-7-9-22(10-8-21)30(25,26)17-11-14(12-29-17)19(24)27-2/h3-6,11-13H,7-10H2,1-2H3. The molecule has 1 aromatic carbocycles. The molecule has 1 saturated heterocycles. The van der Waals surface area contributed by atoms with Crippen LogP contribution in [0.5, 0.6) is 5.75 Å². The normalized spacial score (nSPS) is 16.2. The van der Waals surface area contributed by atoms with E-state index in [1.165, 1.54) is 52.0 Å². The van der Waals surface area contributed by atoms with E-state index in [1.54, 1.807) is 6.92 Å². The molecule has 0 spiro atoms. The second kappa shape index (κ2) is 9.11. The molecule has 11 heteroatoms. The number of nitrogens with zero attached hydrogens (tertiary/aromatic N) is 2. The minimum absolute atomic E-state index is 0.0516. The molecule has 0 aliphatic carbocycles. The van der Waals surface area contributed by atoms with Crippen molar-refractivity contribution in [3.05, 3.63) is 47.1 Å². The first-order chi connectivity index (χ1) is 14.2. The maximum Gasteiger partial charge on any atom is 0.338 e. The zero-order valence-corrected chi connectivity index (χ0v) is 18.0. The number of halogens is 1. The number of hydrogen-bond donors (Lipinski definition) is 0. The number of amides is 1. The zero-order chi connectivity index (χ0) is 21.9. The third-order valence-corrected chi connectivity index (χ3v) is 7.93. The van der Waals surface area contributed by atoms with Crippen LogP contribution in [0.1, 0.15) is 17.3 Å². The number of esters is 1. The van der Waals surface area contributed by atoms with Crippen molar-refractivity contribution in [3.63, 3.8) is 0 Å². The summed E-state index contributed by atoms with van der Waals surface area (Å²) in [7, 11) is -2.54. The Balaban J connectivity index is 1.59. The molecule has 1 fully saturated rings. The summed E-state index contributed by atoms with van der Waals surface area (Å²) in [4.78, 5) is 25.7. The van der Waals surface area contributed by atoms with Gasteiger partial charge >= 0.3 is 5.97 Å². The molecule has 1 unspecified atom stereocenters. The van der Waals surface area contributed by atoms with Gasteiger partial charge in [-0.05, 0) is 37.3 Å². The van der Waals surface area contributed by atoms with Gasteiger partial charge in [-0.1, -0.05) is 0 Å². The van der Waals surface area contributed by atoms with Crippen LogP contribution in [0.25, 0.3) is 0 Å². The predicted molar refractivity (Wildman–Crippen MR) is 107 cm³/mol. The number of thiophene rings is 1. The summed E-state index contributed by atoms with van der Waals surface area (Å²) in [5.74, 6) is -0.903. The van der Waals surface area contributed by atoms with Crippen molar-refractivity contribution in [1.29, 1.82) is 0 Å². The summed E-state index contributed by atoms with van der Waals surface area (Å²) >= 11 is 0.950. The largest absolute Gasteiger partial charge is 0.481 e. The van der Waals surface area contributed by atoms with Gasteiger partial charge < -0.3 is 14.4 Å². The lowest BCUT2D eigenvalue weighted by molar-refractivity contribution is -0.139. The number of sulfonamides is 1. The number of rotatable bonds is 6. The summed E-state index contributed by atoms with van der Waals surface area (Å²) in [6.07, 6.45) is -0.793. The Kier molecular flexibility index (Phi) is 6.74. The van der Waals surface area contributed by atoms with Gasteiger partial charge in [0.05, 0.1) is 12.7 Å². The monoisotopic (exact) mass is 456 g/mol. The quantitative estimate of drug-likeness (QED) is 0.617. The van der Waals surface area contributed by atoms with Crippen molar-refractivity contribution in [1.82, 2.24) is 9.21 Å². The van der Waals surface area contributed by atoms with E-state index >= 15 is 0 Å². The van der Waals surface area contributed by atoms with E-state index < -0.39 is 27.9 Å². The summed E-state index contributed by atoms with van der Waals surface area (Å²) in [6.45, 7) is 2.27. The maximum absolute atomic E-state index is 13.0. The molecule has 2 aromatic rings. The van der Waals surface area contributed by atoms with Crippen LogP contribution in [-0.4, -0.2) is 68.9 Å². The maximum atomic E-state index is 13.0. The lowest BCUT2D eigenvalue weighted by Crippen LogP contribution is -2.53. The number of benzene rings is 1. The van der Waals surface area contributed by atoms with Crippen molar-refractivity contribution in [2.75, 3.05) is 33.3 Å². The first kappa shape index (κ1) is 22.2. The van der Waals surface area contributed by atoms with Gasteiger partial charge in [0, 0.05) is 31.6 Å². The molecule has 30 heavy (non-hydrogen) atoms. The molecule has 0 N–H and O–H groups in total. The second-order valence-corrected chi connectivity index (χ2v) is 9.67. The molecular weight excluding hydrogens is 435 g/mol. The SMILES string of the molecule is COC(=O)c1csc(S(=O)(=O)N2CCN(C(=O)C(C)Oc3ccc(F)cc3)CC2)c1. The van der Waals surface area contributed by atoms with Crippen LogP contribution in [0.2, 0.25) is 0 Å². The minimum Gasteiger partial charge on any atom is -0.481 e. The Hall–Kier alpha value is -2.50. The Bertz CT molecular complexity index is 1010. The van der Waals surface area contributed by atoms with E-state index in [4.69, 9.17) is 4.74 Å². The number of hydrogen-bond acceptors (Lipinski definition) is 7. The molecular formula is C19H21FN2O6S2. The van der Waals surface area contributed by atoms with Crippen LogP contribution in [-0.2, 0) is 19.6 Å². The van der Waals surface area contributed by atoms with Gasteiger partial charge in [0.15, 0.2) is 6.10 Å². The zero-order valence-electron chi connectivity index (χ0n) is 16.4. The molecule has 0 radical (unpaired) electrons. The molecule has 0 bridgehead atoms. The number of methoxy groups -OCH3 is 1. The second-order valence-electron chi connectivity index (χ2n) is 6.59. The molecule has 1 aliphatic heterocycles. The molecule has 1 aromatic heterocycles. The first-order valence-electron chi connectivity index (χ1n) is 9.10. The molecule has 3 rings (SSSR count). The summed E-state index contributed by atoms with van der Waals surface area (Å²) in [5, 5.41) is 1.44. The van der Waals surface area contributed by atoms with Gasteiger partial charge in [-0.2, -0.15) is 4.31 Å². The highest BCUT2D eigenvalue weighted by atomic mass is 32.2. The van der Waals surface area contributed by atoms with E-state index in [0.717, 1.165) is 11.3 Å². The van der Waals surface area contributed by atoms with Crippen molar-refractivity contribution >= 4 is 33.2 Å². The highest BCUT2D eigenvalue weighted by Gasteiger charge is 2.33. The van der Waals surface area contributed by atoms with Gasteiger partial charge in [0.2, 0.25) is 0 Å². The Morgan fingerprint density at radius 1 is 1.13 bits per heavy atom. The molecule has 1 amide bonds. The topological polar surface area (TPSA) is 93.2 Å². The molecule has 2 heterocycles. The molecule has 8 nitrogen and oxygen atoms in total. The van der Waals surface area contributed by atoms with Gasteiger partial charge in [-0.25, -0.2) is 17.6 Å². The van der Waals surface area contributed by atoms with E-state index in [2.05, 4.69) is 4.74 Å². The third kappa shape index (κ3) is 4.79. The van der Waals surface area contributed by atoms with Crippen LogP contribution < -0.4 is 4.74 Å².